The number of hydrogen-bond donors (Lipinski definition) is 0. The molecule has 0 amide bonds. The number of carbonyl (C=O) groups is 1. The number of alkyl halides is 3. The second-order valence-corrected chi connectivity index (χ2v) is 5.80. The Morgan fingerprint density at radius 1 is 0.958 bits per heavy atom. The maximum absolute atomic E-state index is 12.1. The molecule has 0 bridgehead atoms. The molecule has 24 heavy (non-hydrogen) atoms. The molecule has 0 aromatic heterocycles. The summed E-state index contributed by atoms with van der Waals surface area (Å²) >= 11 is -3.56. The third kappa shape index (κ3) is 5.17. The second kappa shape index (κ2) is 8.07. The van der Waals surface area contributed by atoms with Crippen molar-refractivity contribution in [1.29, 1.82) is 0 Å². The first-order chi connectivity index (χ1) is 11.4. The molecule has 0 radical (unpaired) electrons. The van der Waals surface area contributed by atoms with Gasteiger partial charge < -0.3 is 4.74 Å². The number of ether oxygens (including phenoxy) is 1. The van der Waals surface area contributed by atoms with Crippen LogP contribution in [0.5, 0.6) is 0 Å². The predicted octanol–water partition coefficient (Wildman–Crippen LogP) is 3.52. The van der Waals surface area contributed by atoms with E-state index in [0.717, 1.165) is 0 Å². The van der Waals surface area contributed by atoms with Crippen molar-refractivity contribution in [3.8, 4) is 0 Å². The normalized spacial score (nSPS) is 12.8. The third-order valence-corrected chi connectivity index (χ3v) is 3.64. The minimum atomic E-state index is -5.04. The van der Waals surface area contributed by atoms with Gasteiger partial charge >= 0.3 is 11.5 Å². The summed E-state index contributed by atoms with van der Waals surface area (Å²) in [6, 6.07) is 17.4. The minimum absolute atomic E-state index is 0.647. The quantitative estimate of drug-likeness (QED) is 0.742. The Morgan fingerprint density at radius 2 is 1.42 bits per heavy atom. The molecular weight excluding hydrogens is 345 g/mol. The van der Waals surface area contributed by atoms with Crippen molar-refractivity contribution in [2.75, 3.05) is 6.61 Å². The van der Waals surface area contributed by atoms with Gasteiger partial charge in [0.2, 0.25) is 0 Å². The van der Waals surface area contributed by atoms with Crippen LogP contribution in [0.1, 0.15) is 17.2 Å². The van der Waals surface area contributed by atoms with E-state index in [9.17, 15) is 22.2 Å². The van der Waals surface area contributed by atoms with Crippen LogP contribution in [0.25, 0.3) is 0 Å². The molecule has 0 saturated carbocycles. The van der Waals surface area contributed by atoms with Gasteiger partial charge in [0.1, 0.15) is 0 Å². The van der Waals surface area contributed by atoms with Crippen molar-refractivity contribution >= 4 is 17.0 Å². The summed E-state index contributed by atoms with van der Waals surface area (Å²) < 4.78 is 56.3. The number of esters is 1. The molecule has 0 aliphatic carbocycles. The number of carbonyl (C=O) groups excluding carboxylic acids is 1. The standard InChI is InChI=1S/C16H13F3O4S/c17-16(18,19)24(21)22-11-14(20)23-15(12-7-3-1-4-8-12)13-9-5-2-6-10-13/h1-10,15H,11H2. The fourth-order valence-corrected chi connectivity index (χ4v) is 2.26. The summed E-state index contributed by atoms with van der Waals surface area (Å²) in [6.07, 6.45) is -0.803. The van der Waals surface area contributed by atoms with Crippen molar-refractivity contribution in [3.63, 3.8) is 0 Å². The molecule has 2 rings (SSSR count). The van der Waals surface area contributed by atoms with Crippen LogP contribution in [0.3, 0.4) is 0 Å². The zero-order valence-corrected chi connectivity index (χ0v) is 13.0. The molecule has 0 N–H and O–H groups in total. The van der Waals surface area contributed by atoms with Crippen molar-refractivity contribution in [1.82, 2.24) is 0 Å². The van der Waals surface area contributed by atoms with E-state index in [2.05, 4.69) is 4.18 Å². The first kappa shape index (κ1) is 18.2. The Bertz CT molecular complexity index is 650. The fourth-order valence-electron chi connectivity index (χ4n) is 1.92. The average Bonchev–Trinajstić information content (AvgIpc) is 2.58. The lowest BCUT2D eigenvalue weighted by Gasteiger charge is -2.18. The second-order valence-electron chi connectivity index (χ2n) is 4.63. The fraction of sp³-hybridized carbons (Fsp3) is 0.188. The lowest BCUT2D eigenvalue weighted by Crippen LogP contribution is -2.23. The molecule has 8 heteroatoms. The van der Waals surface area contributed by atoms with E-state index in [4.69, 9.17) is 4.74 Å². The van der Waals surface area contributed by atoms with Gasteiger partial charge in [0.25, 0.3) is 11.1 Å². The van der Waals surface area contributed by atoms with Crippen LogP contribution in [0.4, 0.5) is 13.2 Å². The molecule has 0 fully saturated rings. The highest BCUT2D eigenvalue weighted by atomic mass is 32.2. The summed E-state index contributed by atoms with van der Waals surface area (Å²) in [4.78, 5) is 11.8. The van der Waals surface area contributed by atoms with Crippen LogP contribution in [0.2, 0.25) is 0 Å². The van der Waals surface area contributed by atoms with E-state index in [1.54, 1.807) is 60.7 Å². The van der Waals surface area contributed by atoms with Crippen LogP contribution in [0, 0.1) is 0 Å². The molecule has 0 spiro atoms. The zero-order valence-electron chi connectivity index (χ0n) is 12.2. The van der Waals surface area contributed by atoms with E-state index in [1.807, 2.05) is 0 Å². The average molecular weight is 358 g/mol. The van der Waals surface area contributed by atoms with Gasteiger partial charge in [0.15, 0.2) is 12.7 Å². The van der Waals surface area contributed by atoms with Gasteiger partial charge in [-0.2, -0.15) is 13.2 Å². The van der Waals surface area contributed by atoms with E-state index in [1.165, 1.54) is 0 Å². The van der Waals surface area contributed by atoms with Crippen molar-refractivity contribution in [3.05, 3.63) is 71.8 Å². The highest BCUT2D eigenvalue weighted by Crippen LogP contribution is 2.26. The molecular formula is C16H13F3O4S. The summed E-state index contributed by atoms with van der Waals surface area (Å²) in [6.45, 7) is -1.07. The SMILES string of the molecule is O=C(COS(=O)C(F)(F)F)OC(c1ccccc1)c1ccccc1. The van der Waals surface area contributed by atoms with Gasteiger partial charge in [-0.25, -0.2) is 9.00 Å². The van der Waals surface area contributed by atoms with Gasteiger partial charge in [0, 0.05) is 0 Å². The van der Waals surface area contributed by atoms with Gasteiger partial charge in [-0.1, -0.05) is 60.7 Å². The highest BCUT2D eigenvalue weighted by Gasteiger charge is 2.39. The van der Waals surface area contributed by atoms with Crippen LogP contribution >= 0.6 is 0 Å². The first-order valence-corrected chi connectivity index (χ1v) is 7.86. The van der Waals surface area contributed by atoms with Crippen molar-refractivity contribution in [2.24, 2.45) is 0 Å². The maximum Gasteiger partial charge on any atom is 0.497 e. The largest absolute Gasteiger partial charge is 0.497 e. The summed E-state index contributed by atoms with van der Waals surface area (Å²) in [5.74, 6) is -1.05. The molecule has 2 aromatic rings. The monoisotopic (exact) mass is 358 g/mol. The molecule has 4 nitrogen and oxygen atoms in total. The summed E-state index contributed by atoms with van der Waals surface area (Å²) in [5, 5.41) is 0. The zero-order chi connectivity index (χ0) is 17.6. The minimum Gasteiger partial charge on any atom is -0.451 e. The molecule has 2 aromatic carbocycles. The van der Waals surface area contributed by atoms with Gasteiger partial charge in [-0.15, -0.1) is 0 Å². The molecule has 0 saturated heterocycles. The van der Waals surface area contributed by atoms with Gasteiger partial charge in [0.05, 0.1) is 0 Å². The smallest absolute Gasteiger partial charge is 0.451 e. The Hall–Kier alpha value is -2.19. The number of hydrogen-bond acceptors (Lipinski definition) is 4. The van der Waals surface area contributed by atoms with E-state index >= 15 is 0 Å². The Balaban J connectivity index is 2.09. The van der Waals surface area contributed by atoms with Crippen molar-refractivity contribution in [2.45, 2.75) is 11.6 Å². The lowest BCUT2D eigenvalue weighted by molar-refractivity contribution is -0.150. The van der Waals surface area contributed by atoms with Gasteiger partial charge in [-0.05, 0) is 11.1 Å². The highest BCUT2D eigenvalue weighted by molar-refractivity contribution is 7.81. The number of rotatable bonds is 6. The predicted molar refractivity (Wildman–Crippen MR) is 81.0 cm³/mol. The lowest BCUT2D eigenvalue weighted by atomic mass is 10.0. The van der Waals surface area contributed by atoms with E-state index in [0.29, 0.717) is 11.1 Å². The van der Waals surface area contributed by atoms with Crippen LogP contribution < -0.4 is 0 Å². The summed E-state index contributed by atoms with van der Waals surface area (Å²) in [5.41, 5.74) is -3.75. The van der Waals surface area contributed by atoms with Crippen LogP contribution in [-0.2, 0) is 24.8 Å². The van der Waals surface area contributed by atoms with Crippen LogP contribution in [0.15, 0.2) is 60.7 Å². The number of halogens is 3. The number of benzene rings is 2. The topological polar surface area (TPSA) is 52.6 Å². The van der Waals surface area contributed by atoms with E-state index < -0.39 is 35.3 Å². The molecule has 0 heterocycles. The maximum atomic E-state index is 12.1. The van der Waals surface area contributed by atoms with Crippen LogP contribution in [-0.4, -0.2) is 22.3 Å². The Kier molecular flexibility index (Phi) is 6.10. The molecule has 1 unspecified atom stereocenters. The first-order valence-electron chi connectivity index (χ1n) is 6.79. The van der Waals surface area contributed by atoms with Crippen molar-refractivity contribution < 1.29 is 31.1 Å². The molecule has 128 valence electrons. The van der Waals surface area contributed by atoms with E-state index in [-0.39, 0.29) is 0 Å². The van der Waals surface area contributed by atoms with Gasteiger partial charge in [-0.3, -0.25) is 4.18 Å². The molecule has 0 aliphatic heterocycles. The molecule has 0 aliphatic rings. The molecule has 1 atom stereocenters. The third-order valence-electron chi connectivity index (χ3n) is 2.93. The Morgan fingerprint density at radius 3 is 1.83 bits per heavy atom. The summed E-state index contributed by atoms with van der Waals surface area (Å²) in [7, 11) is 0. The Labute approximate surface area is 138 Å².